The van der Waals surface area contributed by atoms with Gasteiger partial charge in [0.15, 0.2) is 0 Å². The molecule has 0 aromatic rings. The predicted molar refractivity (Wildman–Crippen MR) is 129 cm³/mol. The topological polar surface area (TPSA) is 114 Å². The van der Waals surface area contributed by atoms with E-state index in [9.17, 15) is 19.6 Å². The van der Waals surface area contributed by atoms with Gasteiger partial charge in [0.1, 0.15) is 12.1 Å². The molecular formula is C24H37N5O3S. The van der Waals surface area contributed by atoms with E-state index in [4.69, 9.17) is 12.2 Å². The smallest absolute Gasteiger partial charge is 0.245 e. The highest BCUT2D eigenvalue weighted by molar-refractivity contribution is 7.80. The molecule has 0 bridgehead atoms. The molecule has 2 aliphatic heterocycles. The molecule has 3 amide bonds. The molecule has 1 aliphatic carbocycles. The van der Waals surface area contributed by atoms with Crippen molar-refractivity contribution in [1.29, 1.82) is 5.26 Å². The van der Waals surface area contributed by atoms with Gasteiger partial charge in [0, 0.05) is 31.5 Å². The van der Waals surface area contributed by atoms with Crippen molar-refractivity contribution in [2.75, 3.05) is 13.1 Å². The van der Waals surface area contributed by atoms with Crippen molar-refractivity contribution in [2.45, 2.75) is 78.9 Å². The van der Waals surface area contributed by atoms with Crippen LogP contribution in [0.4, 0.5) is 0 Å². The van der Waals surface area contributed by atoms with Crippen molar-refractivity contribution in [1.82, 2.24) is 20.9 Å². The van der Waals surface area contributed by atoms with Crippen LogP contribution in [0.15, 0.2) is 0 Å². The summed E-state index contributed by atoms with van der Waals surface area (Å²) in [4.78, 5) is 40.9. The summed E-state index contributed by atoms with van der Waals surface area (Å²) in [5.41, 5.74) is -0.261. The van der Waals surface area contributed by atoms with Crippen molar-refractivity contribution in [3.63, 3.8) is 0 Å². The Labute approximate surface area is 202 Å². The average Bonchev–Trinajstić information content (AvgIpc) is 3.03. The zero-order valence-electron chi connectivity index (χ0n) is 20.5. The maximum atomic E-state index is 13.6. The Bertz CT molecular complexity index is 874. The van der Waals surface area contributed by atoms with Crippen molar-refractivity contribution >= 4 is 34.9 Å². The van der Waals surface area contributed by atoms with Gasteiger partial charge in [-0.15, -0.1) is 0 Å². The van der Waals surface area contributed by atoms with Crippen molar-refractivity contribution in [3.05, 3.63) is 0 Å². The van der Waals surface area contributed by atoms with Gasteiger partial charge in [-0.2, -0.15) is 5.26 Å². The third-order valence-electron chi connectivity index (χ3n) is 7.66. The molecule has 3 N–H and O–H groups in total. The molecule has 2 heterocycles. The molecule has 0 unspecified atom stereocenters. The highest BCUT2D eigenvalue weighted by atomic mass is 32.1. The number of rotatable bonds is 7. The van der Waals surface area contributed by atoms with Crippen molar-refractivity contribution in [3.8, 4) is 6.07 Å². The summed E-state index contributed by atoms with van der Waals surface area (Å²) in [7, 11) is 0. The van der Waals surface area contributed by atoms with E-state index >= 15 is 0 Å². The van der Waals surface area contributed by atoms with E-state index in [1.807, 2.05) is 25.7 Å². The highest BCUT2D eigenvalue weighted by Gasteiger charge is 2.68. The summed E-state index contributed by atoms with van der Waals surface area (Å²) in [5, 5.41) is 18.3. The first-order chi connectivity index (χ1) is 15.3. The van der Waals surface area contributed by atoms with E-state index < -0.39 is 12.1 Å². The molecule has 0 aromatic carbocycles. The molecular weight excluding hydrogens is 438 g/mol. The molecule has 3 fully saturated rings. The number of amides is 3. The van der Waals surface area contributed by atoms with Gasteiger partial charge in [0.2, 0.25) is 17.7 Å². The SMILES string of the molecule is CC(=S)N[C@H](C(=O)N1C[C@H]2[C@@H]([C@H]1CC(=O)N[C@H](C#N)C[C@@H]1CCNC1=O)C2(C)C)C(C)(C)C. The van der Waals surface area contributed by atoms with E-state index in [1.54, 1.807) is 6.92 Å². The molecule has 0 radical (unpaired) electrons. The fraction of sp³-hybridized carbons (Fsp3) is 0.792. The minimum absolute atomic E-state index is 0.0352. The third-order valence-corrected chi connectivity index (χ3v) is 7.78. The summed E-state index contributed by atoms with van der Waals surface area (Å²) in [6.45, 7) is 13.4. The van der Waals surface area contributed by atoms with Gasteiger partial charge < -0.3 is 20.9 Å². The largest absolute Gasteiger partial charge is 0.368 e. The van der Waals surface area contributed by atoms with Crippen LogP contribution in [-0.4, -0.2) is 58.8 Å². The number of piperidine rings is 1. The number of likely N-dealkylation sites (tertiary alicyclic amines) is 1. The van der Waals surface area contributed by atoms with Gasteiger partial charge in [-0.05, 0) is 42.4 Å². The van der Waals surface area contributed by atoms with Crippen molar-refractivity contribution < 1.29 is 14.4 Å². The Kier molecular flexibility index (Phi) is 7.09. The van der Waals surface area contributed by atoms with Crippen LogP contribution in [0.25, 0.3) is 0 Å². The lowest BCUT2D eigenvalue weighted by Gasteiger charge is -2.38. The molecule has 3 aliphatic rings. The van der Waals surface area contributed by atoms with Gasteiger partial charge in [-0.25, -0.2) is 0 Å². The summed E-state index contributed by atoms with van der Waals surface area (Å²) in [6, 6.07) is 0.702. The minimum atomic E-state index is -0.721. The molecule has 1 saturated carbocycles. The lowest BCUT2D eigenvalue weighted by molar-refractivity contribution is -0.138. The zero-order valence-corrected chi connectivity index (χ0v) is 21.3. The number of hydrogen-bond acceptors (Lipinski definition) is 5. The number of hydrogen-bond donors (Lipinski definition) is 3. The fourth-order valence-electron chi connectivity index (χ4n) is 5.69. The number of nitrogens with zero attached hydrogens (tertiary/aromatic N) is 2. The summed E-state index contributed by atoms with van der Waals surface area (Å²) in [5.74, 6) is 0.0197. The maximum absolute atomic E-state index is 13.6. The number of carbonyl (C=O) groups excluding carboxylic acids is 3. The van der Waals surface area contributed by atoms with Gasteiger partial charge in [0.05, 0.1) is 11.1 Å². The van der Waals surface area contributed by atoms with Crippen molar-refractivity contribution in [2.24, 2.45) is 28.6 Å². The van der Waals surface area contributed by atoms with Crippen LogP contribution in [0.2, 0.25) is 0 Å². The van der Waals surface area contributed by atoms with Gasteiger partial charge in [-0.1, -0.05) is 46.8 Å². The second kappa shape index (κ2) is 9.21. The van der Waals surface area contributed by atoms with Crippen LogP contribution in [0, 0.1) is 39.9 Å². The van der Waals surface area contributed by atoms with E-state index in [0.29, 0.717) is 36.8 Å². The van der Waals surface area contributed by atoms with E-state index in [2.05, 4.69) is 35.9 Å². The summed E-state index contributed by atoms with van der Waals surface area (Å²) in [6.07, 6.45) is 1.14. The van der Waals surface area contributed by atoms with E-state index in [0.717, 1.165) is 0 Å². The Morgan fingerprint density at radius 1 is 1.33 bits per heavy atom. The van der Waals surface area contributed by atoms with Gasteiger partial charge >= 0.3 is 0 Å². The highest BCUT2D eigenvalue weighted by Crippen LogP contribution is 2.65. The van der Waals surface area contributed by atoms with E-state index in [1.165, 1.54) is 0 Å². The average molecular weight is 476 g/mol. The van der Waals surface area contributed by atoms with Gasteiger partial charge in [0.25, 0.3) is 0 Å². The molecule has 0 aromatic heterocycles. The monoisotopic (exact) mass is 475 g/mol. The molecule has 3 rings (SSSR count). The number of carbonyl (C=O) groups is 3. The molecule has 0 spiro atoms. The first kappa shape index (κ1) is 25.4. The first-order valence-electron chi connectivity index (χ1n) is 11.8. The van der Waals surface area contributed by atoms with Gasteiger partial charge in [-0.3, -0.25) is 14.4 Å². The Morgan fingerprint density at radius 3 is 2.52 bits per heavy atom. The maximum Gasteiger partial charge on any atom is 0.245 e. The van der Waals surface area contributed by atoms with Crippen LogP contribution in [-0.2, 0) is 14.4 Å². The normalized spacial score (nSPS) is 29.4. The number of nitriles is 1. The lowest BCUT2D eigenvalue weighted by Crippen LogP contribution is -2.56. The van der Waals surface area contributed by atoms with Crippen LogP contribution in [0.3, 0.4) is 0 Å². The van der Waals surface area contributed by atoms with Crippen LogP contribution < -0.4 is 16.0 Å². The number of thiocarbonyl (C=S) groups is 1. The minimum Gasteiger partial charge on any atom is -0.368 e. The first-order valence-corrected chi connectivity index (χ1v) is 12.2. The second-order valence-electron chi connectivity index (χ2n) is 11.5. The Morgan fingerprint density at radius 2 is 2.00 bits per heavy atom. The number of fused-ring (bicyclic) bond motifs is 1. The van der Waals surface area contributed by atoms with Crippen LogP contribution in [0.5, 0.6) is 0 Å². The molecule has 2 saturated heterocycles. The molecule has 8 nitrogen and oxygen atoms in total. The summed E-state index contributed by atoms with van der Waals surface area (Å²) >= 11 is 5.23. The third kappa shape index (κ3) is 5.32. The predicted octanol–water partition coefficient (Wildman–Crippen LogP) is 1.75. The quantitative estimate of drug-likeness (QED) is 0.483. The Hall–Kier alpha value is -2.21. The molecule has 182 valence electrons. The molecule has 9 heteroatoms. The Balaban J connectivity index is 1.71. The fourth-order valence-corrected chi connectivity index (χ4v) is 5.81. The summed E-state index contributed by atoms with van der Waals surface area (Å²) < 4.78 is 0. The van der Waals surface area contributed by atoms with Crippen LogP contribution >= 0.6 is 12.2 Å². The molecule has 33 heavy (non-hydrogen) atoms. The van der Waals surface area contributed by atoms with Crippen LogP contribution in [0.1, 0.15) is 60.8 Å². The lowest BCUT2D eigenvalue weighted by atomic mass is 9.85. The second-order valence-corrected chi connectivity index (χ2v) is 12.1. The molecule has 6 atom stereocenters. The standard InChI is InChI=1S/C24H37N5O3S/c1-13(33)27-20(23(2,3)4)22(32)29-12-16-19(24(16,5)6)17(29)10-18(30)28-15(11-25)9-14-7-8-26-21(14)31/h14-17,19-20H,7-10,12H2,1-6H3,(H,26,31)(H,27,33)(H,28,30)/t14-,15-,16-,17+,19-,20+/m0/s1. The van der Waals surface area contributed by atoms with E-state index in [-0.39, 0.29) is 52.8 Å². The zero-order chi connectivity index (χ0) is 24.7. The number of nitrogens with one attached hydrogen (secondary N) is 3.